The molecule has 0 heterocycles. The molecule has 7 nitrogen and oxygen atoms in total. The van der Waals surface area contributed by atoms with Gasteiger partial charge in [0.25, 0.3) is 0 Å². The molecule has 0 bridgehead atoms. The highest BCUT2D eigenvalue weighted by molar-refractivity contribution is 5.77. The largest absolute Gasteiger partial charge is 0.550 e. The first-order valence-corrected chi connectivity index (χ1v) is 4.58. The average molecular weight is 233 g/mol. The van der Waals surface area contributed by atoms with Crippen LogP contribution in [0, 0.1) is 17.8 Å². The van der Waals surface area contributed by atoms with Crippen LogP contribution < -0.4 is 11.3 Å². The number of carboxylic acid groups (broad SMARTS) is 3. The van der Waals surface area contributed by atoms with Crippen LogP contribution in [0.2, 0.25) is 0 Å². The summed E-state index contributed by atoms with van der Waals surface area (Å²) in [5.41, 5.74) is 0. The summed E-state index contributed by atoms with van der Waals surface area (Å²) in [6, 6.07) is 0. The lowest BCUT2D eigenvalue weighted by molar-refractivity contribution is -0.313. The van der Waals surface area contributed by atoms with Crippen molar-refractivity contribution in [2.45, 2.75) is 19.3 Å². The molecule has 1 rings (SSSR count). The van der Waals surface area contributed by atoms with Crippen LogP contribution in [0.3, 0.4) is 0 Å². The van der Waals surface area contributed by atoms with Crippen molar-refractivity contribution >= 4 is 17.9 Å². The Balaban J connectivity index is 0.00000225. The van der Waals surface area contributed by atoms with Gasteiger partial charge < -0.3 is 26.3 Å². The van der Waals surface area contributed by atoms with E-state index in [0.717, 1.165) is 0 Å². The molecule has 0 saturated heterocycles. The van der Waals surface area contributed by atoms with Crippen molar-refractivity contribution in [2.24, 2.45) is 17.8 Å². The SMILES string of the molecule is O=C([O-])C1CC(C(=O)O)CC(C(=O)O)C1.[NH4+]. The lowest BCUT2D eigenvalue weighted by Crippen LogP contribution is -2.40. The second-order valence-electron chi connectivity index (χ2n) is 3.79. The molecule has 0 amide bonds. The molecular formula is C9H15NO6. The van der Waals surface area contributed by atoms with E-state index >= 15 is 0 Å². The van der Waals surface area contributed by atoms with Crippen molar-refractivity contribution < 1.29 is 29.7 Å². The highest BCUT2D eigenvalue weighted by Crippen LogP contribution is 2.33. The molecule has 0 radical (unpaired) electrons. The fourth-order valence-corrected chi connectivity index (χ4v) is 1.91. The molecule has 2 atom stereocenters. The molecule has 1 saturated carbocycles. The second-order valence-corrected chi connectivity index (χ2v) is 3.79. The quantitative estimate of drug-likeness (QED) is 0.586. The zero-order chi connectivity index (χ0) is 11.6. The Labute approximate surface area is 91.7 Å². The highest BCUT2D eigenvalue weighted by atomic mass is 16.4. The third-order valence-electron chi connectivity index (χ3n) is 2.74. The zero-order valence-corrected chi connectivity index (χ0v) is 8.88. The highest BCUT2D eigenvalue weighted by Gasteiger charge is 2.36. The van der Waals surface area contributed by atoms with E-state index in [2.05, 4.69) is 0 Å². The summed E-state index contributed by atoms with van der Waals surface area (Å²) in [4.78, 5) is 32.0. The number of carbonyl (C=O) groups is 3. The minimum Gasteiger partial charge on any atom is -0.550 e. The normalized spacial score (nSPS) is 28.9. The van der Waals surface area contributed by atoms with Crippen LogP contribution in [0.25, 0.3) is 0 Å². The van der Waals surface area contributed by atoms with Gasteiger partial charge in [0, 0.05) is 11.9 Å². The maximum Gasteiger partial charge on any atom is 0.306 e. The van der Waals surface area contributed by atoms with Gasteiger partial charge in [-0.05, 0) is 19.3 Å². The van der Waals surface area contributed by atoms with E-state index in [1.54, 1.807) is 0 Å². The average Bonchev–Trinajstić information content (AvgIpc) is 2.16. The van der Waals surface area contributed by atoms with E-state index in [9.17, 15) is 19.5 Å². The number of carboxylic acids is 3. The van der Waals surface area contributed by atoms with Crippen LogP contribution >= 0.6 is 0 Å². The Hall–Kier alpha value is -1.63. The van der Waals surface area contributed by atoms with Crippen LogP contribution in [0.5, 0.6) is 0 Å². The van der Waals surface area contributed by atoms with Crippen LogP contribution in [-0.4, -0.2) is 28.1 Å². The summed E-state index contributed by atoms with van der Waals surface area (Å²) < 4.78 is 0. The topological polar surface area (TPSA) is 151 Å². The third kappa shape index (κ3) is 3.20. The van der Waals surface area contributed by atoms with E-state index in [4.69, 9.17) is 10.2 Å². The Bertz CT molecular complexity index is 249. The van der Waals surface area contributed by atoms with Crippen LogP contribution in [0.4, 0.5) is 0 Å². The van der Waals surface area contributed by atoms with E-state index in [1.165, 1.54) is 0 Å². The predicted molar refractivity (Wildman–Crippen MR) is 50.6 cm³/mol. The van der Waals surface area contributed by atoms with E-state index in [1.807, 2.05) is 0 Å². The van der Waals surface area contributed by atoms with Gasteiger partial charge in [-0.1, -0.05) is 0 Å². The van der Waals surface area contributed by atoms with Gasteiger partial charge in [-0.2, -0.15) is 0 Å². The molecule has 0 aliphatic heterocycles. The molecular weight excluding hydrogens is 218 g/mol. The lowest BCUT2D eigenvalue weighted by Gasteiger charge is -2.31. The van der Waals surface area contributed by atoms with Crippen molar-refractivity contribution in [1.82, 2.24) is 6.15 Å². The van der Waals surface area contributed by atoms with Gasteiger partial charge >= 0.3 is 11.9 Å². The first-order chi connectivity index (χ1) is 6.91. The molecule has 6 N–H and O–H groups in total. The first kappa shape index (κ1) is 14.4. The molecule has 0 aromatic carbocycles. The predicted octanol–water partition coefficient (Wildman–Crippen LogP) is -0.686. The van der Waals surface area contributed by atoms with Gasteiger partial charge in [0.1, 0.15) is 0 Å². The molecule has 0 aromatic rings. The molecule has 1 aliphatic carbocycles. The molecule has 1 fully saturated rings. The molecule has 7 heteroatoms. The Morgan fingerprint density at radius 3 is 1.44 bits per heavy atom. The summed E-state index contributed by atoms with van der Waals surface area (Å²) >= 11 is 0. The Kier molecular flexibility index (Phi) is 4.90. The smallest absolute Gasteiger partial charge is 0.306 e. The van der Waals surface area contributed by atoms with Crippen LogP contribution in [0.15, 0.2) is 0 Å². The van der Waals surface area contributed by atoms with Crippen molar-refractivity contribution in [1.29, 1.82) is 0 Å². The van der Waals surface area contributed by atoms with Crippen molar-refractivity contribution in [2.75, 3.05) is 0 Å². The number of carbonyl (C=O) groups excluding carboxylic acids is 1. The van der Waals surface area contributed by atoms with Gasteiger partial charge in [-0.25, -0.2) is 0 Å². The number of rotatable bonds is 3. The number of hydrogen-bond acceptors (Lipinski definition) is 4. The first-order valence-electron chi connectivity index (χ1n) is 4.58. The van der Waals surface area contributed by atoms with Crippen LogP contribution in [-0.2, 0) is 14.4 Å². The van der Waals surface area contributed by atoms with Gasteiger partial charge in [-0.3, -0.25) is 9.59 Å². The maximum atomic E-state index is 10.7. The lowest BCUT2D eigenvalue weighted by atomic mass is 9.75. The monoisotopic (exact) mass is 233 g/mol. The Morgan fingerprint density at radius 1 is 0.875 bits per heavy atom. The van der Waals surface area contributed by atoms with Gasteiger partial charge in [-0.15, -0.1) is 0 Å². The maximum absolute atomic E-state index is 10.7. The van der Waals surface area contributed by atoms with E-state index < -0.39 is 35.7 Å². The summed E-state index contributed by atoms with van der Waals surface area (Å²) in [7, 11) is 0. The van der Waals surface area contributed by atoms with Crippen LogP contribution in [0.1, 0.15) is 19.3 Å². The molecule has 92 valence electrons. The van der Waals surface area contributed by atoms with Gasteiger partial charge in [0.2, 0.25) is 0 Å². The minimum absolute atomic E-state index is 0. The second kappa shape index (κ2) is 5.45. The van der Waals surface area contributed by atoms with E-state index in [-0.39, 0.29) is 25.4 Å². The summed E-state index contributed by atoms with van der Waals surface area (Å²) in [6.45, 7) is 0. The number of quaternary nitrogens is 1. The summed E-state index contributed by atoms with van der Waals surface area (Å²) in [5.74, 6) is -6.43. The summed E-state index contributed by atoms with van der Waals surface area (Å²) in [6.07, 6.45) is -0.0860. The van der Waals surface area contributed by atoms with Gasteiger partial charge in [0.15, 0.2) is 0 Å². The molecule has 2 unspecified atom stereocenters. The fourth-order valence-electron chi connectivity index (χ4n) is 1.91. The zero-order valence-electron chi connectivity index (χ0n) is 8.88. The third-order valence-corrected chi connectivity index (χ3v) is 2.74. The molecule has 1 aliphatic rings. The van der Waals surface area contributed by atoms with Crippen molar-refractivity contribution in [3.63, 3.8) is 0 Å². The number of hydrogen-bond donors (Lipinski definition) is 3. The van der Waals surface area contributed by atoms with Crippen molar-refractivity contribution in [3.05, 3.63) is 0 Å². The van der Waals surface area contributed by atoms with E-state index in [0.29, 0.717) is 0 Å². The standard InChI is InChI=1S/C9H12O6.H3N/c10-7(11)4-1-5(8(12)13)3-6(2-4)9(14)15;/h4-6H,1-3H2,(H,10,11)(H,12,13)(H,14,15);1H3. The molecule has 0 aromatic heterocycles. The molecule has 0 spiro atoms. The fraction of sp³-hybridized carbons (Fsp3) is 0.667. The Morgan fingerprint density at radius 2 is 1.19 bits per heavy atom. The van der Waals surface area contributed by atoms with Crippen molar-refractivity contribution in [3.8, 4) is 0 Å². The number of aliphatic carboxylic acids is 3. The molecule has 16 heavy (non-hydrogen) atoms. The van der Waals surface area contributed by atoms with Gasteiger partial charge in [0.05, 0.1) is 11.8 Å². The minimum atomic E-state index is -1.37. The summed E-state index contributed by atoms with van der Waals surface area (Å²) in [5, 5.41) is 28.1.